The molecule has 0 aliphatic heterocycles. The molecule has 4 nitrogen and oxygen atoms in total. The Balaban J connectivity index is 2.91. The van der Waals surface area contributed by atoms with E-state index >= 15 is 0 Å². The highest BCUT2D eigenvalue weighted by Gasteiger charge is 2.13. The number of carbonyl (C=O) groups is 1. The second-order valence-corrected chi connectivity index (χ2v) is 5.35. The van der Waals surface area contributed by atoms with Crippen LogP contribution in [0.3, 0.4) is 0 Å². The van der Waals surface area contributed by atoms with E-state index in [2.05, 4.69) is 42.3 Å². The van der Waals surface area contributed by atoms with Crippen LogP contribution in [-0.2, 0) is 11.3 Å². The van der Waals surface area contributed by atoms with Crippen LogP contribution >= 0.6 is 0 Å². The molecular weight excluding hydrogens is 250 g/mol. The monoisotopic (exact) mass is 277 g/mol. The number of amides is 1. The number of likely N-dealkylation sites (N-methyl/N-ethyl adjacent to an activating group) is 1. The topological polar surface area (TPSA) is 35.6 Å². The first-order valence-corrected chi connectivity index (χ1v) is 7.18. The predicted molar refractivity (Wildman–Crippen MR) is 85.1 cm³/mol. The molecule has 0 bridgehead atoms. The SMILES string of the molecule is CCCN(CC(=O)N(C)C)c1ccc(CNC)c(C)c1. The van der Waals surface area contributed by atoms with Gasteiger partial charge in [-0.15, -0.1) is 0 Å². The van der Waals surface area contributed by atoms with Crippen molar-refractivity contribution in [1.29, 1.82) is 0 Å². The Labute approximate surface area is 122 Å². The average Bonchev–Trinajstić information content (AvgIpc) is 2.40. The smallest absolute Gasteiger partial charge is 0.241 e. The van der Waals surface area contributed by atoms with Crippen LogP contribution in [0.15, 0.2) is 18.2 Å². The molecule has 0 aliphatic carbocycles. The molecule has 0 atom stereocenters. The minimum Gasteiger partial charge on any atom is -0.362 e. The van der Waals surface area contributed by atoms with E-state index in [9.17, 15) is 4.79 Å². The van der Waals surface area contributed by atoms with Crippen LogP contribution in [-0.4, -0.2) is 45.0 Å². The van der Waals surface area contributed by atoms with E-state index in [1.807, 2.05) is 7.05 Å². The van der Waals surface area contributed by atoms with Crippen molar-refractivity contribution in [2.45, 2.75) is 26.8 Å². The van der Waals surface area contributed by atoms with Crippen molar-refractivity contribution in [3.8, 4) is 0 Å². The van der Waals surface area contributed by atoms with Crippen molar-refractivity contribution in [1.82, 2.24) is 10.2 Å². The summed E-state index contributed by atoms with van der Waals surface area (Å²) >= 11 is 0. The third-order valence-electron chi connectivity index (χ3n) is 3.38. The zero-order valence-electron chi connectivity index (χ0n) is 13.4. The summed E-state index contributed by atoms with van der Waals surface area (Å²) in [5.41, 5.74) is 3.68. The highest BCUT2D eigenvalue weighted by Crippen LogP contribution is 2.19. The van der Waals surface area contributed by atoms with Gasteiger partial charge in [0.25, 0.3) is 0 Å². The number of hydrogen-bond acceptors (Lipinski definition) is 3. The molecule has 0 radical (unpaired) electrons. The van der Waals surface area contributed by atoms with Gasteiger partial charge in [-0.05, 0) is 43.7 Å². The second-order valence-electron chi connectivity index (χ2n) is 5.35. The predicted octanol–water partition coefficient (Wildman–Crippen LogP) is 2.02. The van der Waals surface area contributed by atoms with Crippen LogP contribution in [0.4, 0.5) is 5.69 Å². The normalized spacial score (nSPS) is 10.4. The zero-order valence-corrected chi connectivity index (χ0v) is 13.4. The van der Waals surface area contributed by atoms with Crippen molar-refractivity contribution in [3.63, 3.8) is 0 Å². The number of rotatable bonds is 7. The van der Waals surface area contributed by atoms with Crippen molar-refractivity contribution < 1.29 is 4.79 Å². The fourth-order valence-corrected chi connectivity index (χ4v) is 2.14. The zero-order chi connectivity index (χ0) is 15.1. The summed E-state index contributed by atoms with van der Waals surface area (Å²) < 4.78 is 0. The van der Waals surface area contributed by atoms with Gasteiger partial charge in [0.2, 0.25) is 5.91 Å². The van der Waals surface area contributed by atoms with Gasteiger partial charge in [0.05, 0.1) is 6.54 Å². The van der Waals surface area contributed by atoms with E-state index in [4.69, 9.17) is 0 Å². The molecule has 1 aromatic rings. The summed E-state index contributed by atoms with van der Waals surface area (Å²) in [7, 11) is 5.55. The first kappa shape index (κ1) is 16.5. The van der Waals surface area contributed by atoms with Gasteiger partial charge in [0, 0.05) is 32.9 Å². The lowest BCUT2D eigenvalue weighted by molar-refractivity contribution is -0.127. The second kappa shape index (κ2) is 7.90. The number of aryl methyl sites for hydroxylation is 1. The van der Waals surface area contributed by atoms with Crippen molar-refractivity contribution in [3.05, 3.63) is 29.3 Å². The Morgan fingerprint density at radius 2 is 2.00 bits per heavy atom. The van der Waals surface area contributed by atoms with Crippen molar-refractivity contribution in [2.24, 2.45) is 0 Å². The molecule has 4 heteroatoms. The Hall–Kier alpha value is -1.55. The average molecular weight is 277 g/mol. The number of hydrogen-bond donors (Lipinski definition) is 1. The Kier molecular flexibility index (Phi) is 6.52. The number of benzene rings is 1. The van der Waals surface area contributed by atoms with E-state index in [-0.39, 0.29) is 5.91 Å². The van der Waals surface area contributed by atoms with E-state index in [1.165, 1.54) is 11.1 Å². The van der Waals surface area contributed by atoms with Gasteiger partial charge < -0.3 is 15.1 Å². The summed E-state index contributed by atoms with van der Waals surface area (Å²) in [5.74, 6) is 0.135. The molecule has 112 valence electrons. The maximum absolute atomic E-state index is 11.9. The molecule has 20 heavy (non-hydrogen) atoms. The van der Waals surface area contributed by atoms with Gasteiger partial charge in [-0.3, -0.25) is 4.79 Å². The molecular formula is C16H27N3O. The Morgan fingerprint density at radius 3 is 2.50 bits per heavy atom. The molecule has 0 unspecified atom stereocenters. The summed E-state index contributed by atoms with van der Waals surface area (Å²) in [6.45, 7) is 6.45. The van der Waals surface area contributed by atoms with E-state index in [1.54, 1.807) is 19.0 Å². The van der Waals surface area contributed by atoms with Gasteiger partial charge in [-0.2, -0.15) is 0 Å². The maximum atomic E-state index is 11.9. The first-order valence-electron chi connectivity index (χ1n) is 7.18. The van der Waals surface area contributed by atoms with Crippen LogP contribution in [0.2, 0.25) is 0 Å². The molecule has 0 saturated heterocycles. The molecule has 1 N–H and O–H groups in total. The summed E-state index contributed by atoms with van der Waals surface area (Å²) in [6, 6.07) is 6.42. The Morgan fingerprint density at radius 1 is 1.30 bits per heavy atom. The van der Waals surface area contributed by atoms with Crippen molar-refractivity contribution in [2.75, 3.05) is 39.1 Å². The standard InChI is InChI=1S/C16H27N3O/c1-6-9-19(12-16(20)18(4)5)15-8-7-14(11-17-3)13(2)10-15/h7-8,10,17H,6,9,11-12H2,1-5H3. The molecule has 0 spiro atoms. The van der Waals surface area contributed by atoms with Crippen LogP contribution < -0.4 is 10.2 Å². The number of nitrogens with one attached hydrogen (secondary N) is 1. The number of carbonyl (C=O) groups excluding carboxylic acids is 1. The maximum Gasteiger partial charge on any atom is 0.241 e. The van der Waals surface area contributed by atoms with Gasteiger partial charge >= 0.3 is 0 Å². The molecule has 0 aliphatic rings. The van der Waals surface area contributed by atoms with Crippen molar-refractivity contribution >= 4 is 11.6 Å². The van der Waals surface area contributed by atoms with E-state index in [0.717, 1.165) is 25.2 Å². The highest BCUT2D eigenvalue weighted by molar-refractivity contribution is 5.81. The highest BCUT2D eigenvalue weighted by atomic mass is 16.2. The lowest BCUT2D eigenvalue weighted by atomic mass is 10.1. The van der Waals surface area contributed by atoms with Crippen LogP contribution in [0, 0.1) is 6.92 Å². The summed E-state index contributed by atoms with van der Waals surface area (Å²) in [4.78, 5) is 15.7. The largest absolute Gasteiger partial charge is 0.362 e. The van der Waals surface area contributed by atoms with Crippen LogP contribution in [0.25, 0.3) is 0 Å². The molecule has 0 aromatic heterocycles. The van der Waals surface area contributed by atoms with Crippen LogP contribution in [0.5, 0.6) is 0 Å². The lowest BCUT2D eigenvalue weighted by Gasteiger charge is -2.26. The van der Waals surface area contributed by atoms with E-state index in [0.29, 0.717) is 6.54 Å². The summed E-state index contributed by atoms with van der Waals surface area (Å²) in [6.07, 6.45) is 1.03. The van der Waals surface area contributed by atoms with Gasteiger partial charge in [-0.1, -0.05) is 13.0 Å². The minimum absolute atomic E-state index is 0.135. The fourth-order valence-electron chi connectivity index (χ4n) is 2.14. The third kappa shape index (κ3) is 4.53. The molecule has 1 aromatic carbocycles. The summed E-state index contributed by atoms with van der Waals surface area (Å²) in [5, 5.41) is 3.17. The fraction of sp³-hybridized carbons (Fsp3) is 0.562. The quantitative estimate of drug-likeness (QED) is 0.828. The minimum atomic E-state index is 0.135. The first-order chi connectivity index (χ1) is 9.49. The molecule has 0 saturated carbocycles. The molecule has 1 rings (SSSR count). The Bertz CT molecular complexity index is 443. The number of nitrogens with zero attached hydrogens (tertiary/aromatic N) is 2. The molecule has 0 fully saturated rings. The molecule has 0 heterocycles. The molecule has 1 amide bonds. The van der Waals surface area contributed by atoms with E-state index < -0.39 is 0 Å². The lowest BCUT2D eigenvalue weighted by Crippen LogP contribution is -2.37. The van der Waals surface area contributed by atoms with Gasteiger partial charge in [0.15, 0.2) is 0 Å². The van der Waals surface area contributed by atoms with Gasteiger partial charge in [-0.25, -0.2) is 0 Å². The third-order valence-corrected chi connectivity index (χ3v) is 3.38. The van der Waals surface area contributed by atoms with Crippen LogP contribution in [0.1, 0.15) is 24.5 Å². The van der Waals surface area contributed by atoms with Gasteiger partial charge in [0.1, 0.15) is 0 Å². The number of anilines is 1.